The molecule has 0 saturated heterocycles. The second-order valence-electron chi connectivity index (χ2n) is 5.85. The van der Waals surface area contributed by atoms with Crippen molar-refractivity contribution in [3.63, 3.8) is 0 Å². The van der Waals surface area contributed by atoms with Gasteiger partial charge in [0, 0.05) is 30.0 Å². The van der Waals surface area contributed by atoms with Gasteiger partial charge < -0.3 is 24.3 Å². The molecule has 1 amide bonds. The van der Waals surface area contributed by atoms with E-state index in [4.69, 9.17) is 18.9 Å². The highest BCUT2D eigenvalue weighted by Gasteiger charge is 2.16. The molecule has 0 fully saturated rings. The summed E-state index contributed by atoms with van der Waals surface area (Å²) in [6.07, 6.45) is 0. The highest BCUT2D eigenvalue weighted by molar-refractivity contribution is 7.99. The number of anilines is 1. The van der Waals surface area contributed by atoms with Crippen LogP contribution in [0.15, 0.2) is 41.6 Å². The number of hydrogen-bond donors (Lipinski definition) is 1. The van der Waals surface area contributed by atoms with Crippen LogP contribution in [0.2, 0.25) is 0 Å². The zero-order valence-corrected chi connectivity index (χ0v) is 16.4. The van der Waals surface area contributed by atoms with Crippen molar-refractivity contribution in [3.05, 3.63) is 36.4 Å². The summed E-state index contributed by atoms with van der Waals surface area (Å²) >= 11 is 1.21. The Hall–Kier alpha value is -3.47. The number of nitrogens with one attached hydrogen (secondary N) is 1. The first-order valence-corrected chi connectivity index (χ1v) is 9.49. The smallest absolute Gasteiger partial charge is 0.234 e. The number of hydrogen-bond acceptors (Lipinski definition) is 9. The van der Waals surface area contributed by atoms with E-state index in [1.54, 1.807) is 50.6 Å². The fourth-order valence-electron chi connectivity index (χ4n) is 2.65. The lowest BCUT2D eigenvalue weighted by atomic mass is 10.3. The number of fused-ring (bicyclic) bond motifs is 1. The summed E-state index contributed by atoms with van der Waals surface area (Å²) in [7, 11) is 3.13. The van der Waals surface area contributed by atoms with Gasteiger partial charge in [0.15, 0.2) is 11.5 Å². The van der Waals surface area contributed by atoms with Crippen molar-refractivity contribution < 1.29 is 23.7 Å². The fourth-order valence-corrected chi connectivity index (χ4v) is 3.34. The summed E-state index contributed by atoms with van der Waals surface area (Å²) in [5.74, 6) is 2.39. The van der Waals surface area contributed by atoms with Crippen LogP contribution in [-0.4, -0.2) is 52.9 Å². The van der Waals surface area contributed by atoms with Crippen LogP contribution in [0.4, 0.5) is 5.69 Å². The first-order valence-electron chi connectivity index (χ1n) is 8.50. The molecule has 1 N–H and O–H groups in total. The molecule has 4 rings (SSSR count). The Morgan fingerprint density at radius 1 is 1.14 bits per heavy atom. The van der Waals surface area contributed by atoms with Crippen LogP contribution in [0.3, 0.4) is 0 Å². The highest BCUT2D eigenvalue weighted by atomic mass is 32.2. The normalized spacial score (nSPS) is 11.9. The minimum atomic E-state index is -0.202. The topological polar surface area (TPSA) is 110 Å². The van der Waals surface area contributed by atoms with Gasteiger partial charge in [-0.2, -0.15) is 4.68 Å². The first kappa shape index (κ1) is 18.9. The minimum Gasteiger partial charge on any atom is -0.497 e. The SMILES string of the molecule is COc1cc(OC)cc(-n2nnnc2SCC(=O)Nc2ccc3c(c2)OCO3)c1. The molecular weight excluding hydrogens is 398 g/mol. The number of methoxy groups -OCH3 is 2. The maximum absolute atomic E-state index is 12.3. The number of ether oxygens (including phenoxy) is 4. The van der Waals surface area contributed by atoms with E-state index in [1.165, 1.54) is 16.4 Å². The van der Waals surface area contributed by atoms with E-state index in [9.17, 15) is 4.79 Å². The molecule has 10 nitrogen and oxygen atoms in total. The molecule has 0 radical (unpaired) electrons. The molecule has 1 aliphatic heterocycles. The number of benzene rings is 2. The van der Waals surface area contributed by atoms with Crippen LogP contribution >= 0.6 is 11.8 Å². The second kappa shape index (κ2) is 8.27. The van der Waals surface area contributed by atoms with E-state index in [2.05, 4.69) is 20.8 Å². The van der Waals surface area contributed by atoms with Crippen LogP contribution in [0.5, 0.6) is 23.0 Å². The van der Waals surface area contributed by atoms with Crippen LogP contribution in [0.1, 0.15) is 0 Å². The lowest BCUT2D eigenvalue weighted by Gasteiger charge is -2.09. The summed E-state index contributed by atoms with van der Waals surface area (Å²) in [4.78, 5) is 12.3. The Morgan fingerprint density at radius 2 is 1.90 bits per heavy atom. The number of thioether (sulfide) groups is 1. The fraction of sp³-hybridized carbons (Fsp3) is 0.222. The first-order chi connectivity index (χ1) is 14.2. The average molecular weight is 415 g/mol. The molecule has 1 aromatic heterocycles. The van der Waals surface area contributed by atoms with Gasteiger partial charge in [-0.25, -0.2) is 0 Å². The summed E-state index contributed by atoms with van der Waals surface area (Å²) in [5, 5.41) is 15.0. The quantitative estimate of drug-likeness (QED) is 0.580. The molecule has 2 heterocycles. The highest BCUT2D eigenvalue weighted by Crippen LogP contribution is 2.34. The van der Waals surface area contributed by atoms with E-state index in [1.807, 2.05) is 0 Å². The van der Waals surface area contributed by atoms with Gasteiger partial charge in [0.25, 0.3) is 0 Å². The van der Waals surface area contributed by atoms with Crippen LogP contribution < -0.4 is 24.3 Å². The van der Waals surface area contributed by atoms with E-state index in [0.717, 1.165) is 0 Å². The van der Waals surface area contributed by atoms with Gasteiger partial charge in [-0.05, 0) is 22.6 Å². The molecular formula is C18H17N5O5S. The predicted octanol–water partition coefficient (Wildman–Crippen LogP) is 2.14. The Bertz CT molecular complexity index is 1020. The minimum absolute atomic E-state index is 0.121. The Labute approximate surface area is 170 Å². The number of amides is 1. The van der Waals surface area contributed by atoms with Crippen molar-refractivity contribution in [3.8, 4) is 28.7 Å². The van der Waals surface area contributed by atoms with Gasteiger partial charge in [-0.1, -0.05) is 11.8 Å². The molecule has 150 valence electrons. The number of aromatic nitrogens is 4. The van der Waals surface area contributed by atoms with Crippen LogP contribution in [-0.2, 0) is 4.79 Å². The third-order valence-corrected chi connectivity index (χ3v) is 4.93. The van der Waals surface area contributed by atoms with Crippen molar-refractivity contribution in [2.75, 3.05) is 32.1 Å². The van der Waals surface area contributed by atoms with Crippen LogP contribution in [0.25, 0.3) is 5.69 Å². The lowest BCUT2D eigenvalue weighted by molar-refractivity contribution is -0.113. The Balaban J connectivity index is 1.44. The van der Waals surface area contributed by atoms with Gasteiger partial charge in [0.1, 0.15) is 11.5 Å². The number of carbonyl (C=O) groups is 1. The maximum atomic E-state index is 12.3. The Kier molecular flexibility index (Phi) is 5.38. The number of tetrazole rings is 1. The molecule has 0 unspecified atom stereocenters. The van der Waals surface area contributed by atoms with Gasteiger partial charge in [-0.15, -0.1) is 5.10 Å². The molecule has 1 aliphatic rings. The van der Waals surface area contributed by atoms with Crippen molar-refractivity contribution in [1.82, 2.24) is 20.2 Å². The van der Waals surface area contributed by atoms with E-state index < -0.39 is 0 Å². The van der Waals surface area contributed by atoms with Gasteiger partial charge >= 0.3 is 0 Å². The summed E-state index contributed by atoms with van der Waals surface area (Å²) in [6.45, 7) is 0.181. The monoisotopic (exact) mass is 415 g/mol. The summed E-state index contributed by atoms with van der Waals surface area (Å²) in [6, 6.07) is 10.5. The summed E-state index contributed by atoms with van der Waals surface area (Å²) in [5.41, 5.74) is 1.28. The van der Waals surface area contributed by atoms with Gasteiger partial charge in [0.05, 0.1) is 25.7 Å². The molecule has 0 bridgehead atoms. The zero-order chi connectivity index (χ0) is 20.2. The van der Waals surface area contributed by atoms with E-state index in [0.29, 0.717) is 39.5 Å². The molecule has 11 heteroatoms. The zero-order valence-electron chi connectivity index (χ0n) is 15.6. The third-order valence-electron chi connectivity index (χ3n) is 4.01. The van der Waals surface area contributed by atoms with Crippen LogP contribution in [0, 0.1) is 0 Å². The maximum Gasteiger partial charge on any atom is 0.234 e. The van der Waals surface area contributed by atoms with Gasteiger partial charge in [-0.3, -0.25) is 4.79 Å². The van der Waals surface area contributed by atoms with E-state index >= 15 is 0 Å². The van der Waals surface area contributed by atoms with Crippen molar-refractivity contribution >= 4 is 23.4 Å². The second-order valence-corrected chi connectivity index (χ2v) is 6.79. The Morgan fingerprint density at radius 3 is 2.66 bits per heavy atom. The standard InChI is InChI=1S/C18H17N5O5S/c1-25-13-6-12(7-14(8-13)26-2)23-18(20-21-22-23)29-9-17(24)19-11-3-4-15-16(5-11)28-10-27-15/h3-8H,9-10H2,1-2H3,(H,19,24). The number of rotatable bonds is 7. The largest absolute Gasteiger partial charge is 0.497 e. The average Bonchev–Trinajstić information content (AvgIpc) is 3.40. The van der Waals surface area contributed by atoms with Crippen molar-refractivity contribution in [2.45, 2.75) is 5.16 Å². The molecule has 0 spiro atoms. The lowest BCUT2D eigenvalue weighted by Crippen LogP contribution is -2.14. The molecule has 2 aromatic carbocycles. The molecule has 0 atom stereocenters. The summed E-state index contributed by atoms with van der Waals surface area (Å²) < 4.78 is 22.7. The number of nitrogens with zero attached hydrogens (tertiary/aromatic N) is 4. The van der Waals surface area contributed by atoms with Gasteiger partial charge in [0.2, 0.25) is 17.9 Å². The molecule has 29 heavy (non-hydrogen) atoms. The molecule has 0 aliphatic carbocycles. The number of carbonyl (C=O) groups excluding carboxylic acids is 1. The van der Waals surface area contributed by atoms with Crippen molar-refractivity contribution in [2.24, 2.45) is 0 Å². The molecule has 3 aromatic rings. The third kappa shape index (κ3) is 4.19. The van der Waals surface area contributed by atoms with Crippen molar-refractivity contribution in [1.29, 1.82) is 0 Å². The molecule has 0 saturated carbocycles. The predicted molar refractivity (Wildman–Crippen MR) is 104 cm³/mol. The van der Waals surface area contributed by atoms with E-state index in [-0.39, 0.29) is 18.5 Å².